The summed E-state index contributed by atoms with van der Waals surface area (Å²) < 4.78 is 6.08. The number of carbonyl (C=O) groups excluding carboxylic acids is 1. The molecule has 2 aromatic heterocycles. The fourth-order valence-corrected chi connectivity index (χ4v) is 3.68. The lowest BCUT2D eigenvalue weighted by atomic mass is 9.93. The maximum absolute atomic E-state index is 12.6. The van der Waals surface area contributed by atoms with Gasteiger partial charge in [0.2, 0.25) is 11.9 Å². The summed E-state index contributed by atoms with van der Waals surface area (Å²) in [5.41, 5.74) is 0.814. The van der Waals surface area contributed by atoms with Gasteiger partial charge in [-0.05, 0) is 24.6 Å². The Hall–Kier alpha value is -2.54. The lowest BCUT2D eigenvalue weighted by molar-refractivity contribution is -0.136. The maximum Gasteiger partial charge on any atom is 0.228 e. The molecule has 0 aliphatic carbocycles. The number of carbonyl (C=O) groups is 1. The zero-order chi connectivity index (χ0) is 17.8. The molecule has 2 aliphatic heterocycles. The van der Waals surface area contributed by atoms with Crippen molar-refractivity contribution in [3.8, 4) is 0 Å². The summed E-state index contributed by atoms with van der Waals surface area (Å²) in [5, 5.41) is 0. The molecule has 0 aromatic carbocycles. The van der Waals surface area contributed by atoms with Crippen molar-refractivity contribution >= 4 is 11.9 Å². The number of pyridine rings is 1. The van der Waals surface area contributed by atoms with Crippen molar-refractivity contribution in [1.82, 2.24) is 19.9 Å². The van der Waals surface area contributed by atoms with E-state index in [1.54, 1.807) is 18.6 Å². The summed E-state index contributed by atoms with van der Waals surface area (Å²) in [6.45, 7) is 3.69. The first-order valence-corrected chi connectivity index (χ1v) is 9.11. The Kier molecular flexibility index (Phi) is 5.06. The van der Waals surface area contributed by atoms with Crippen LogP contribution in [0.15, 0.2) is 42.9 Å². The number of anilines is 1. The highest BCUT2D eigenvalue weighted by Gasteiger charge is 2.35. The van der Waals surface area contributed by atoms with Crippen LogP contribution in [0, 0.1) is 5.92 Å². The molecule has 2 saturated heterocycles. The van der Waals surface area contributed by atoms with Crippen LogP contribution in [-0.2, 0) is 16.0 Å². The van der Waals surface area contributed by atoms with E-state index < -0.39 is 0 Å². The fraction of sp³-hybridized carbons (Fsp3) is 0.474. The van der Waals surface area contributed by atoms with Gasteiger partial charge in [0.1, 0.15) is 0 Å². The largest absolute Gasteiger partial charge is 0.374 e. The highest BCUT2D eigenvalue weighted by molar-refractivity contribution is 5.78. The summed E-state index contributed by atoms with van der Waals surface area (Å²) in [5.74, 6) is 1.27. The normalized spacial score (nSPS) is 23.2. The van der Waals surface area contributed by atoms with E-state index in [0.29, 0.717) is 25.5 Å². The Morgan fingerprint density at radius 3 is 2.73 bits per heavy atom. The van der Waals surface area contributed by atoms with E-state index in [1.807, 2.05) is 29.2 Å². The van der Waals surface area contributed by atoms with E-state index in [-0.39, 0.29) is 12.0 Å². The third-order valence-corrected chi connectivity index (χ3v) is 5.09. The molecule has 1 amide bonds. The van der Waals surface area contributed by atoms with Crippen LogP contribution in [0.25, 0.3) is 0 Å². The summed E-state index contributed by atoms with van der Waals surface area (Å²) in [6, 6.07) is 7.49. The SMILES string of the molecule is O=C(Cc1ccccn1)N1CC[C@H]2CN(c3ncccn3)CCO[C@H]2C1. The van der Waals surface area contributed by atoms with Crippen molar-refractivity contribution in [1.29, 1.82) is 0 Å². The number of fused-ring (bicyclic) bond motifs is 1. The second kappa shape index (κ2) is 7.78. The molecule has 2 fully saturated rings. The second-order valence-electron chi connectivity index (χ2n) is 6.79. The number of aromatic nitrogens is 3. The van der Waals surface area contributed by atoms with Crippen LogP contribution in [0.5, 0.6) is 0 Å². The van der Waals surface area contributed by atoms with Gasteiger partial charge in [-0.1, -0.05) is 6.07 Å². The van der Waals surface area contributed by atoms with Gasteiger partial charge in [0, 0.05) is 56.4 Å². The minimum absolute atomic E-state index is 0.0742. The highest BCUT2D eigenvalue weighted by Crippen LogP contribution is 2.25. The Bertz CT molecular complexity index is 727. The third-order valence-electron chi connectivity index (χ3n) is 5.09. The van der Waals surface area contributed by atoms with Crippen LogP contribution in [0.2, 0.25) is 0 Å². The van der Waals surface area contributed by atoms with Gasteiger partial charge in [0.15, 0.2) is 0 Å². The van der Waals surface area contributed by atoms with Crippen molar-refractivity contribution in [2.24, 2.45) is 5.92 Å². The standard InChI is InChI=1S/C19H23N5O2/c25-18(12-16-4-1-2-6-20-16)23-9-5-15-13-24(10-11-26-17(15)14-23)19-21-7-3-8-22-19/h1-4,6-8,15,17H,5,9-14H2/t15-,17-/m0/s1. The molecule has 2 atom stereocenters. The first-order chi connectivity index (χ1) is 12.8. The molecule has 4 heterocycles. The van der Waals surface area contributed by atoms with Gasteiger partial charge >= 0.3 is 0 Å². The predicted octanol–water partition coefficient (Wildman–Crippen LogP) is 1.17. The van der Waals surface area contributed by atoms with Crippen LogP contribution < -0.4 is 4.90 Å². The predicted molar refractivity (Wildman–Crippen MR) is 96.6 cm³/mol. The molecule has 0 unspecified atom stereocenters. The van der Waals surface area contributed by atoms with Crippen molar-refractivity contribution in [2.75, 3.05) is 37.7 Å². The van der Waals surface area contributed by atoms with Crippen molar-refractivity contribution in [3.63, 3.8) is 0 Å². The molecule has 0 radical (unpaired) electrons. The fourth-order valence-electron chi connectivity index (χ4n) is 3.68. The zero-order valence-corrected chi connectivity index (χ0v) is 14.7. The molecule has 2 aliphatic rings. The number of hydrogen-bond acceptors (Lipinski definition) is 6. The van der Waals surface area contributed by atoms with Crippen molar-refractivity contribution < 1.29 is 9.53 Å². The Balaban J connectivity index is 1.38. The molecule has 0 N–H and O–H groups in total. The molecule has 26 heavy (non-hydrogen) atoms. The van der Waals surface area contributed by atoms with Gasteiger partial charge in [0.25, 0.3) is 0 Å². The van der Waals surface area contributed by atoms with Gasteiger partial charge in [0.05, 0.1) is 19.1 Å². The number of likely N-dealkylation sites (tertiary alicyclic amines) is 1. The van der Waals surface area contributed by atoms with Gasteiger partial charge in [-0.25, -0.2) is 9.97 Å². The van der Waals surface area contributed by atoms with E-state index in [4.69, 9.17) is 4.74 Å². The first-order valence-electron chi connectivity index (χ1n) is 9.11. The zero-order valence-electron chi connectivity index (χ0n) is 14.7. The smallest absolute Gasteiger partial charge is 0.228 e. The topological polar surface area (TPSA) is 71.5 Å². The minimum atomic E-state index is 0.0742. The van der Waals surface area contributed by atoms with Crippen molar-refractivity contribution in [3.05, 3.63) is 48.5 Å². The molecular formula is C19H23N5O2. The Morgan fingerprint density at radius 1 is 1.08 bits per heavy atom. The lowest BCUT2D eigenvalue weighted by Crippen LogP contribution is -2.49. The molecule has 0 spiro atoms. The summed E-state index contributed by atoms with van der Waals surface area (Å²) >= 11 is 0. The van der Waals surface area contributed by atoms with Crippen LogP contribution >= 0.6 is 0 Å². The number of hydrogen-bond donors (Lipinski definition) is 0. The number of ether oxygens (including phenoxy) is 1. The highest BCUT2D eigenvalue weighted by atomic mass is 16.5. The van der Waals surface area contributed by atoms with E-state index in [2.05, 4.69) is 19.9 Å². The molecule has 2 aromatic rings. The van der Waals surface area contributed by atoms with Gasteiger partial charge < -0.3 is 14.5 Å². The van der Waals surface area contributed by atoms with Gasteiger partial charge in [-0.3, -0.25) is 9.78 Å². The van der Waals surface area contributed by atoms with Crippen LogP contribution in [0.3, 0.4) is 0 Å². The van der Waals surface area contributed by atoms with Crippen LogP contribution in [0.4, 0.5) is 5.95 Å². The average Bonchev–Trinajstić information content (AvgIpc) is 2.91. The van der Waals surface area contributed by atoms with E-state index in [0.717, 1.165) is 37.7 Å². The third kappa shape index (κ3) is 3.83. The molecule has 0 saturated carbocycles. The average molecular weight is 353 g/mol. The second-order valence-corrected chi connectivity index (χ2v) is 6.79. The molecule has 7 heteroatoms. The minimum Gasteiger partial charge on any atom is -0.374 e. The van der Waals surface area contributed by atoms with Crippen LogP contribution in [-0.4, -0.2) is 64.6 Å². The van der Waals surface area contributed by atoms with Crippen molar-refractivity contribution in [2.45, 2.75) is 18.9 Å². The van der Waals surface area contributed by atoms with Crippen LogP contribution in [0.1, 0.15) is 12.1 Å². The van der Waals surface area contributed by atoms with E-state index in [1.165, 1.54) is 0 Å². The summed E-state index contributed by atoms with van der Waals surface area (Å²) in [6.07, 6.45) is 6.62. The monoisotopic (exact) mass is 353 g/mol. The Labute approximate surface area is 153 Å². The molecular weight excluding hydrogens is 330 g/mol. The summed E-state index contributed by atoms with van der Waals surface area (Å²) in [7, 11) is 0. The number of rotatable bonds is 3. The number of nitrogens with zero attached hydrogens (tertiary/aromatic N) is 5. The van der Waals surface area contributed by atoms with E-state index >= 15 is 0 Å². The summed E-state index contributed by atoms with van der Waals surface area (Å²) in [4.78, 5) is 29.7. The number of amides is 1. The molecule has 7 nitrogen and oxygen atoms in total. The maximum atomic E-state index is 12.6. The molecule has 4 rings (SSSR count). The first kappa shape index (κ1) is 16.9. The van der Waals surface area contributed by atoms with E-state index in [9.17, 15) is 4.79 Å². The molecule has 0 bridgehead atoms. The van der Waals surface area contributed by atoms with Gasteiger partial charge in [-0.15, -0.1) is 0 Å². The lowest BCUT2D eigenvalue weighted by Gasteiger charge is -2.38. The Morgan fingerprint density at radius 2 is 1.92 bits per heavy atom. The number of piperidine rings is 1. The molecule has 136 valence electrons. The van der Waals surface area contributed by atoms with Gasteiger partial charge in [-0.2, -0.15) is 0 Å². The quantitative estimate of drug-likeness (QED) is 0.825.